The Kier molecular flexibility index (Phi) is 9.43. The number of carbonyl (C=O) groups excluding carboxylic acids is 1. The minimum atomic E-state index is -5.44. The van der Waals surface area contributed by atoms with Gasteiger partial charge in [-0.15, -0.1) is 0 Å². The van der Waals surface area contributed by atoms with Crippen LogP contribution in [0.2, 0.25) is 25.7 Å². The lowest BCUT2D eigenvalue weighted by Gasteiger charge is -2.37. The third kappa shape index (κ3) is 6.17. The van der Waals surface area contributed by atoms with Gasteiger partial charge in [-0.3, -0.25) is 0 Å². The first-order valence-electron chi connectivity index (χ1n) is 13.9. The number of methoxy groups -OCH3 is 1. The molecule has 0 aliphatic carbocycles. The maximum atomic E-state index is 16.0. The molecule has 0 aliphatic heterocycles. The van der Waals surface area contributed by atoms with Crippen LogP contribution in [0.3, 0.4) is 0 Å². The summed E-state index contributed by atoms with van der Waals surface area (Å²) in [7, 11) is -0.394. The number of esters is 1. The summed E-state index contributed by atoms with van der Waals surface area (Å²) in [6, 6.07) is 9.59. The van der Waals surface area contributed by atoms with Crippen molar-refractivity contribution in [2.24, 2.45) is 0 Å². The third-order valence-corrected chi connectivity index (χ3v) is 8.84. The Morgan fingerprint density at radius 2 is 1.93 bits per heavy atom. The fourth-order valence-corrected chi connectivity index (χ4v) is 5.76. The van der Waals surface area contributed by atoms with Gasteiger partial charge in [-0.05, 0) is 55.8 Å². The fraction of sp³-hybridized carbons (Fsp3) is 0.433. The molecule has 0 spiro atoms. The van der Waals surface area contributed by atoms with E-state index in [1.54, 1.807) is 6.92 Å². The van der Waals surface area contributed by atoms with Gasteiger partial charge >= 0.3 is 12.1 Å². The number of nitrogens with one attached hydrogen (secondary N) is 1. The van der Waals surface area contributed by atoms with E-state index < -0.39 is 50.3 Å². The van der Waals surface area contributed by atoms with E-state index in [0.717, 1.165) is 10.6 Å². The van der Waals surface area contributed by atoms with Gasteiger partial charge in [0.2, 0.25) is 0 Å². The summed E-state index contributed by atoms with van der Waals surface area (Å²) in [5.74, 6) is -2.74. The molecule has 236 valence electrons. The SMILES string of the molecule is CCOC(=O)C(F)OC(c1c(OC)cc(C)c2[nH]ccc12)(c1nc2cc(C#N)ccc2n1COCC[Si](C)(C)C)C(F)(F)F. The highest BCUT2D eigenvalue weighted by Crippen LogP contribution is 2.54. The Morgan fingerprint density at radius 1 is 1.20 bits per heavy atom. The lowest BCUT2D eigenvalue weighted by atomic mass is 9.86. The van der Waals surface area contributed by atoms with Crippen LogP contribution in [0.5, 0.6) is 5.75 Å². The van der Waals surface area contributed by atoms with Gasteiger partial charge in [0.15, 0.2) is 5.82 Å². The number of aromatic amines is 1. The smallest absolute Gasteiger partial charge is 0.429 e. The summed E-state index contributed by atoms with van der Waals surface area (Å²) in [6.45, 7) is 8.98. The van der Waals surface area contributed by atoms with Crippen molar-refractivity contribution in [2.75, 3.05) is 20.3 Å². The molecule has 0 aliphatic rings. The Morgan fingerprint density at radius 3 is 2.55 bits per heavy atom. The average Bonchev–Trinajstić information content (AvgIpc) is 3.58. The van der Waals surface area contributed by atoms with Crippen LogP contribution >= 0.6 is 0 Å². The topological polar surface area (TPSA) is 111 Å². The van der Waals surface area contributed by atoms with E-state index in [9.17, 15) is 10.1 Å². The lowest BCUT2D eigenvalue weighted by Crippen LogP contribution is -2.51. The van der Waals surface area contributed by atoms with Crippen LogP contribution in [0.1, 0.15) is 29.4 Å². The number of hydrogen-bond donors (Lipinski definition) is 1. The number of aromatic nitrogens is 3. The summed E-state index contributed by atoms with van der Waals surface area (Å²) < 4.78 is 85.9. The Balaban J connectivity index is 2.12. The molecule has 2 heterocycles. The molecule has 14 heteroatoms. The Labute approximate surface area is 252 Å². The summed E-state index contributed by atoms with van der Waals surface area (Å²) in [4.78, 5) is 19.7. The molecule has 2 unspecified atom stereocenters. The number of rotatable bonds is 12. The highest BCUT2D eigenvalue weighted by atomic mass is 28.3. The first kappa shape index (κ1) is 33.0. The number of aryl methyl sites for hydroxylation is 1. The molecule has 0 bridgehead atoms. The monoisotopic (exact) mass is 634 g/mol. The number of carbonyl (C=O) groups is 1. The number of imidazole rings is 1. The zero-order chi connectivity index (χ0) is 32.4. The molecule has 4 aromatic rings. The molecule has 0 amide bonds. The highest BCUT2D eigenvalue weighted by molar-refractivity contribution is 6.76. The Bertz CT molecular complexity index is 1710. The first-order chi connectivity index (χ1) is 20.7. The van der Waals surface area contributed by atoms with Crippen LogP contribution in [0.25, 0.3) is 21.9 Å². The average molecular weight is 635 g/mol. The number of benzene rings is 2. The first-order valence-corrected chi connectivity index (χ1v) is 17.6. The second kappa shape index (κ2) is 12.6. The van der Waals surface area contributed by atoms with Crippen LogP contribution in [-0.2, 0) is 31.3 Å². The molecule has 44 heavy (non-hydrogen) atoms. The molecule has 0 radical (unpaired) electrons. The van der Waals surface area contributed by atoms with Gasteiger partial charge in [-0.2, -0.15) is 18.4 Å². The van der Waals surface area contributed by atoms with Crippen molar-refractivity contribution in [3.05, 3.63) is 59.0 Å². The second-order valence-electron chi connectivity index (χ2n) is 11.4. The number of fused-ring (bicyclic) bond motifs is 2. The molecule has 2 aromatic carbocycles. The number of halogens is 4. The predicted octanol–water partition coefficient (Wildman–Crippen LogP) is 6.70. The van der Waals surface area contributed by atoms with Crippen molar-refractivity contribution in [1.29, 1.82) is 5.26 Å². The number of nitriles is 1. The lowest BCUT2D eigenvalue weighted by molar-refractivity contribution is -0.297. The number of H-pyrrole nitrogens is 1. The summed E-state index contributed by atoms with van der Waals surface area (Å²) in [5.41, 5.74) is -3.17. The van der Waals surface area contributed by atoms with Crippen LogP contribution in [0.15, 0.2) is 36.5 Å². The fourth-order valence-electron chi connectivity index (χ4n) is 5.00. The number of hydrogen-bond acceptors (Lipinski definition) is 7. The van der Waals surface area contributed by atoms with Crippen molar-refractivity contribution in [1.82, 2.24) is 14.5 Å². The molecule has 2 atom stereocenters. The maximum Gasteiger partial charge on any atom is 0.429 e. The normalized spacial score (nSPS) is 14.4. The second-order valence-corrected chi connectivity index (χ2v) is 17.1. The zero-order valence-electron chi connectivity index (χ0n) is 25.3. The number of nitrogens with zero attached hydrogens (tertiary/aromatic N) is 3. The standard InChI is InChI=1S/C30H34F4N4O5Si/c1-7-42-27(39)26(31)43-29(30(32,33)34,24-20-10-11-36-25(20)18(2)14-23(24)40-3)28-37-21-15-19(16-35)8-9-22(21)38(28)17-41-12-13-44(4,5)6/h8-11,14-15,26,36H,7,12-13,17H2,1-6H3. The summed E-state index contributed by atoms with van der Waals surface area (Å²) in [6.07, 6.45) is -7.18. The van der Waals surface area contributed by atoms with Crippen LogP contribution in [0, 0.1) is 18.3 Å². The number of alkyl halides is 4. The van der Waals surface area contributed by atoms with Crippen molar-refractivity contribution in [3.63, 3.8) is 0 Å². The van der Waals surface area contributed by atoms with Crippen molar-refractivity contribution < 1.29 is 41.3 Å². The van der Waals surface area contributed by atoms with Gasteiger partial charge in [0.25, 0.3) is 12.0 Å². The number of ether oxygens (including phenoxy) is 4. The summed E-state index contributed by atoms with van der Waals surface area (Å²) in [5, 5.41) is 9.48. The van der Waals surface area contributed by atoms with Gasteiger partial charge in [0.05, 0.1) is 41.9 Å². The van der Waals surface area contributed by atoms with E-state index in [1.165, 1.54) is 50.6 Å². The van der Waals surface area contributed by atoms with Crippen LogP contribution in [-0.4, -0.2) is 61.4 Å². The van der Waals surface area contributed by atoms with Gasteiger partial charge in [-0.1, -0.05) is 19.6 Å². The van der Waals surface area contributed by atoms with Gasteiger partial charge < -0.3 is 28.5 Å². The zero-order valence-corrected chi connectivity index (χ0v) is 26.3. The predicted molar refractivity (Wildman–Crippen MR) is 158 cm³/mol. The van der Waals surface area contributed by atoms with E-state index in [2.05, 4.69) is 34.3 Å². The molecular weight excluding hydrogens is 600 g/mol. The molecular formula is C30H34F4N4O5Si. The van der Waals surface area contributed by atoms with E-state index >= 15 is 17.6 Å². The van der Waals surface area contributed by atoms with E-state index in [-0.39, 0.29) is 40.9 Å². The molecule has 9 nitrogen and oxygen atoms in total. The molecule has 0 saturated heterocycles. The minimum absolute atomic E-state index is 0.00575. The van der Waals surface area contributed by atoms with Crippen LogP contribution < -0.4 is 4.74 Å². The van der Waals surface area contributed by atoms with Crippen molar-refractivity contribution >= 4 is 36.0 Å². The molecule has 4 rings (SSSR count). The van der Waals surface area contributed by atoms with Crippen molar-refractivity contribution in [3.8, 4) is 11.8 Å². The van der Waals surface area contributed by atoms with Crippen molar-refractivity contribution in [2.45, 2.75) is 64.4 Å². The van der Waals surface area contributed by atoms with E-state index in [1.807, 2.05) is 6.07 Å². The Hall–Kier alpha value is -3.93. The van der Waals surface area contributed by atoms with Gasteiger partial charge in [0, 0.05) is 31.8 Å². The van der Waals surface area contributed by atoms with E-state index in [4.69, 9.17) is 14.2 Å². The maximum absolute atomic E-state index is 16.0. The largest absolute Gasteiger partial charge is 0.496 e. The van der Waals surface area contributed by atoms with Crippen LogP contribution in [0.4, 0.5) is 17.6 Å². The molecule has 0 fully saturated rings. The van der Waals surface area contributed by atoms with E-state index in [0.29, 0.717) is 11.1 Å². The van der Waals surface area contributed by atoms with Gasteiger partial charge in [0.1, 0.15) is 12.5 Å². The van der Waals surface area contributed by atoms with Gasteiger partial charge in [-0.25, -0.2) is 14.2 Å². The minimum Gasteiger partial charge on any atom is -0.496 e. The molecule has 2 aromatic heterocycles. The molecule has 1 N–H and O–H groups in total. The summed E-state index contributed by atoms with van der Waals surface area (Å²) >= 11 is 0. The third-order valence-electron chi connectivity index (χ3n) is 7.14. The quantitative estimate of drug-likeness (QED) is 0.0799. The molecule has 0 saturated carbocycles. The highest BCUT2D eigenvalue weighted by Gasteiger charge is 2.65.